The maximum Gasteiger partial charge on any atom is 0.309 e. The molecule has 0 saturated heterocycles. The van der Waals surface area contributed by atoms with Crippen molar-refractivity contribution in [3.63, 3.8) is 0 Å². The van der Waals surface area contributed by atoms with Crippen molar-refractivity contribution < 1.29 is 9.90 Å². The van der Waals surface area contributed by atoms with E-state index < -0.39 is 11.4 Å². The highest BCUT2D eigenvalue weighted by Crippen LogP contribution is 2.56. The molecule has 0 radical (unpaired) electrons. The average molecular weight is 298 g/mol. The number of allylic oxidation sites excluding steroid dienone is 1. The lowest BCUT2D eigenvalue weighted by Gasteiger charge is -2.51. The van der Waals surface area contributed by atoms with Crippen molar-refractivity contribution in [3.05, 3.63) is 41.0 Å². The Balaban J connectivity index is 2.12. The monoisotopic (exact) mass is 298 g/mol. The van der Waals surface area contributed by atoms with Gasteiger partial charge in [-0.3, -0.25) is 4.79 Å². The van der Waals surface area contributed by atoms with Gasteiger partial charge in [-0.2, -0.15) is 0 Å². The topological polar surface area (TPSA) is 37.3 Å². The first-order chi connectivity index (χ1) is 10.3. The van der Waals surface area contributed by atoms with Crippen molar-refractivity contribution in [1.29, 1.82) is 0 Å². The molecule has 1 aromatic carbocycles. The van der Waals surface area contributed by atoms with E-state index in [1.165, 1.54) is 16.7 Å². The van der Waals surface area contributed by atoms with E-state index in [0.29, 0.717) is 5.92 Å². The van der Waals surface area contributed by atoms with Crippen LogP contribution in [0.15, 0.2) is 24.3 Å². The second kappa shape index (κ2) is 4.97. The summed E-state index contributed by atoms with van der Waals surface area (Å²) in [6.45, 7) is 8.60. The molecule has 118 valence electrons. The van der Waals surface area contributed by atoms with Gasteiger partial charge in [0.1, 0.15) is 0 Å². The zero-order chi connectivity index (χ0) is 16.1. The number of benzene rings is 1. The maximum atomic E-state index is 11.9. The Morgan fingerprint density at radius 1 is 1.27 bits per heavy atom. The lowest BCUT2D eigenvalue weighted by molar-refractivity contribution is -0.154. The molecule has 0 spiro atoms. The predicted molar refractivity (Wildman–Crippen MR) is 90.0 cm³/mol. The van der Waals surface area contributed by atoms with Gasteiger partial charge >= 0.3 is 5.97 Å². The Hall–Kier alpha value is -1.57. The number of carbonyl (C=O) groups is 1. The van der Waals surface area contributed by atoms with Crippen LogP contribution >= 0.6 is 0 Å². The molecule has 1 fully saturated rings. The van der Waals surface area contributed by atoms with Crippen molar-refractivity contribution in [2.45, 2.75) is 58.3 Å². The first kappa shape index (κ1) is 15.3. The van der Waals surface area contributed by atoms with Crippen LogP contribution in [0.1, 0.15) is 69.6 Å². The Labute approximate surface area is 133 Å². The third-order valence-electron chi connectivity index (χ3n) is 6.08. The summed E-state index contributed by atoms with van der Waals surface area (Å²) in [7, 11) is 0. The van der Waals surface area contributed by atoms with Gasteiger partial charge in [0.2, 0.25) is 0 Å². The standard InChI is InChI=1S/C20H26O2/c1-13(2)14-6-8-16-15(12-14)7-9-17-19(16,3)10-5-11-20(17,4)18(21)22/h6-9,12-13,17H,5,10-11H2,1-4H3,(H,21,22)/t17?,19-,20-/m1/s1. The van der Waals surface area contributed by atoms with Crippen LogP contribution in [0.2, 0.25) is 0 Å². The third-order valence-corrected chi connectivity index (χ3v) is 6.08. The lowest BCUT2D eigenvalue weighted by Crippen LogP contribution is -2.50. The van der Waals surface area contributed by atoms with Gasteiger partial charge in [-0.25, -0.2) is 0 Å². The molecule has 3 atom stereocenters. The Bertz CT molecular complexity index is 643. The van der Waals surface area contributed by atoms with E-state index in [9.17, 15) is 9.90 Å². The van der Waals surface area contributed by atoms with Crippen molar-refractivity contribution in [2.24, 2.45) is 11.3 Å². The molecular weight excluding hydrogens is 272 g/mol. The quantitative estimate of drug-likeness (QED) is 0.835. The highest BCUT2D eigenvalue weighted by atomic mass is 16.4. The molecule has 2 heteroatoms. The van der Waals surface area contributed by atoms with Crippen molar-refractivity contribution in [3.8, 4) is 0 Å². The van der Waals surface area contributed by atoms with Gasteiger partial charge in [0, 0.05) is 11.3 Å². The van der Waals surface area contributed by atoms with E-state index in [2.05, 4.69) is 51.1 Å². The smallest absolute Gasteiger partial charge is 0.309 e. The van der Waals surface area contributed by atoms with Gasteiger partial charge in [-0.15, -0.1) is 0 Å². The van der Waals surface area contributed by atoms with E-state index in [1.54, 1.807) is 0 Å². The predicted octanol–water partition coefficient (Wildman–Crippen LogP) is 4.99. The minimum atomic E-state index is -0.657. The first-order valence-corrected chi connectivity index (χ1v) is 8.35. The van der Waals surface area contributed by atoms with Gasteiger partial charge in [-0.1, -0.05) is 57.5 Å². The second-order valence-electron chi connectivity index (χ2n) is 7.83. The molecule has 0 amide bonds. The molecule has 1 unspecified atom stereocenters. The van der Waals surface area contributed by atoms with Gasteiger partial charge < -0.3 is 5.11 Å². The van der Waals surface area contributed by atoms with E-state index in [-0.39, 0.29) is 11.3 Å². The van der Waals surface area contributed by atoms with Crippen molar-refractivity contribution in [1.82, 2.24) is 0 Å². The zero-order valence-electron chi connectivity index (χ0n) is 14.0. The normalized spacial score (nSPS) is 33.4. The molecule has 2 aliphatic carbocycles. The second-order valence-corrected chi connectivity index (χ2v) is 7.83. The summed E-state index contributed by atoms with van der Waals surface area (Å²) in [5.41, 5.74) is 3.24. The lowest BCUT2D eigenvalue weighted by atomic mass is 9.51. The minimum Gasteiger partial charge on any atom is -0.481 e. The Morgan fingerprint density at radius 3 is 2.64 bits per heavy atom. The molecule has 1 N–H and O–H groups in total. The van der Waals surface area contributed by atoms with Crippen molar-refractivity contribution in [2.75, 3.05) is 0 Å². The van der Waals surface area contributed by atoms with Crippen LogP contribution < -0.4 is 0 Å². The van der Waals surface area contributed by atoms with E-state index >= 15 is 0 Å². The molecule has 1 saturated carbocycles. The van der Waals surface area contributed by atoms with Gasteiger partial charge in [-0.05, 0) is 42.4 Å². The SMILES string of the molecule is CC(C)c1ccc2c(c1)C=CC1[C@](C)(C(=O)O)CCC[C@]21C. The molecular formula is C20H26O2. The molecule has 2 nitrogen and oxygen atoms in total. The fourth-order valence-electron chi connectivity index (χ4n) is 4.60. The summed E-state index contributed by atoms with van der Waals surface area (Å²) in [6.07, 6.45) is 7.14. The number of hydrogen-bond acceptors (Lipinski definition) is 1. The number of rotatable bonds is 2. The molecule has 2 aliphatic rings. The largest absolute Gasteiger partial charge is 0.481 e. The molecule has 0 heterocycles. The number of fused-ring (bicyclic) bond motifs is 3. The zero-order valence-corrected chi connectivity index (χ0v) is 14.0. The summed E-state index contributed by atoms with van der Waals surface area (Å²) in [5.74, 6) is -0.0705. The minimum absolute atomic E-state index is 0.0645. The maximum absolute atomic E-state index is 11.9. The molecule has 0 aliphatic heterocycles. The summed E-state index contributed by atoms with van der Waals surface area (Å²) in [6, 6.07) is 6.75. The van der Waals surface area contributed by atoms with Crippen LogP contribution in [0.25, 0.3) is 6.08 Å². The average Bonchev–Trinajstić information content (AvgIpc) is 2.46. The number of carboxylic acid groups (broad SMARTS) is 1. The van der Waals surface area contributed by atoms with Crippen LogP contribution in [-0.2, 0) is 10.2 Å². The number of aliphatic carboxylic acids is 1. The van der Waals surface area contributed by atoms with Crippen molar-refractivity contribution >= 4 is 12.0 Å². The highest BCUT2D eigenvalue weighted by Gasteiger charge is 2.53. The van der Waals surface area contributed by atoms with Crippen LogP contribution in [-0.4, -0.2) is 11.1 Å². The fourth-order valence-corrected chi connectivity index (χ4v) is 4.60. The van der Waals surface area contributed by atoms with E-state index in [0.717, 1.165) is 19.3 Å². The summed E-state index contributed by atoms with van der Waals surface area (Å²) in [4.78, 5) is 11.9. The number of hydrogen-bond donors (Lipinski definition) is 1. The molecule has 0 bridgehead atoms. The fraction of sp³-hybridized carbons (Fsp3) is 0.550. The number of carboxylic acids is 1. The molecule has 1 aromatic rings. The molecule has 0 aromatic heterocycles. The summed E-state index contributed by atoms with van der Waals surface area (Å²) >= 11 is 0. The third kappa shape index (κ3) is 2.04. The van der Waals surface area contributed by atoms with Crippen LogP contribution in [0.5, 0.6) is 0 Å². The summed E-state index contributed by atoms with van der Waals surface area (Å²) in [5, 5.41) is 9.78. The van der Waals surface area contributed by atoms with Crippen LogP contribution in [0, 0.1) is 11.3 Å². The van der Waals surface area contributed by atoms with Gasteiger partial charge in [0.25, 0.3) is 0 Å². The van der Waals surface area contributed by atoms with E-state index in [1.807, 2.05) is 6.92 Å². The molecule has 22 heavy (non-hydrogen) atoms. The summed E-state index contributed by atoms with van der Waals surface area (Å²) < 4.78 is 0. The molecule has 3 rings (SSSR count). The van der Waals surface area contributed by atoms with Gasteiger partial charge in [0.05, 0.1) is 5.41 Å². The Morgan fingerprint density at radius 2 is 2.00 bits per heavy atom. The highest BCUT2D eigenvalue weighted by molar-refractivity contribution is 5.77. The van der Waals surface area contributed by atoms with Crippen LogP contribution in [0.4, 0.5) is 0 Å². The van der Waals surface area contributed by atoms with Gasteiger partial charge in [0.15, 0.2) is 0 Å². The first-order valence-electron chi connectivity index (χ1n) is 8.35. The van der Waals surface area contributed by atoms with E-state index in [4.69, 9.17) is 0 Å². The van der Waals surface area contributed by atoms with Crippen LogP contribution in [0.3, 0.4) is 0 Å². The Kier molecular flexibility index (Phi) is 3.47.